The molecule has 0 saturated heterocycles. The lowest BCUT2D eigenvalue weighted by Gasteiger charge is -2.03. The molecule has 5 nitrogen and oxygen atoms in total. The number of hydrogen-bond donors (Lipinski definition) is 1. The molecule has 0 unspecified atom stereocenters. The van der Waals surface area contributed by atoms with E-state index >= 15 is 0 Å². The van der Waals surface area contributed by atoms with Crippen molar-refractivity contribution in [1.82, 2.24) is 10.3 Å². The first-order valence-electron chi connectivity index (χ1n) is 4.39. The summed E-state index contributed by atoms with van der Waals surface area (Å²) in [4.78, 5) is 14.9. The van der Waals surface area contributed by atoms with Gasteiger partial charge in [0, 0.05) is 6.04 Å². The van der Waals surface area contributed by atoms with E-state index in [0.29, 0.717) is 18.5 Å². The molecule has 0 fully saturated rings. The maximum absolute atomic E-state index is 11.0. The second-order valence-corrected chi connectivity index (χ2v) is 3.15. The van der Waals surface area contributed by atoms with E-state index in [0.717, 1.165) is 0 Å². The lowest BCUT2D eigenvalue weighted by Crippen LogP contribution is -2.22. The first-order valence-corrected chi connectivity index (χ1v) is 4.39. The molecule has 0 radical (unpaired) electrons. The van der Waals surface area contributed by atoms with Crippen LogP contribution in [0.1, 0.15) is 30.2 Å². The van der Waals surface area contributed by atoms with Gasteiger partial charge in [0.25, 0.3) is 0 Å². The second-order valence-electron chi connectivity index (χ2n) is 3.15. The Morgan fingerprint density at radius 2 is 2.43 bits per heavy atom. The van der Waals surface area contributed by atoms with Gasteiger partial charge < -0.3 is 14.5 Å². The Hall–Kier alpha value is -1.36. The molecule has 0 spiro atoms. The van der Waals surface area contributed by atoms with Gasteiger partial charge in [0.05, 0.1) is 13.7 Å². The van der Waals surface area contributed by atoms with E-state index in [1.54, 1.807) is 0 Å². The highest BCUT2D eigenvalue weighted by molar-refractivity contribution is 5.86. The quantitative estimate of drug-likeness (QED) is 0.730. The summed E-state index contributed by atoms with van der Waals surface area (Å²) in [5, 5.41) is 3.12. The van der Waals surface area contributed by atoms with Gasteiger partial charge in [-0.3, -0.25) is 0 Å². The Kier molecular flexibility index (Phi) is 3.64. The monoisotopic (exact) mass is 198 g/mol. The number of carbonyl (C=O) groups is 1. The molecule has 1 rings (SSSR count). The third kappa shape index (κ3) is 2.85. The van der Waals surface area contributed by atoms with Crippen LogP contribution in [-0.2, 0) is 11.3 Å². The maximum Gasteiger partial charge on any atom is 0.360 e. The van der Waals surface area contributed by atoms with Gasteiger partial charge in [0.2, 0.25) is 5.89 Å². The van der Waals surface area contributed by atoms with E-state index in [-0.39, 0.29) is 5.69 Å². The second kappa shape index (κ2) is 4.76. The van der Waals surface area contributed by atoms with Crippen LogP contribution in [0.3, 0.4) is 0 Å². The smallest absolute Gasteiger partial charge is 0.360 e. The van der Waals surface area contributed by atoms with Gasteiger partial charge in [-0.2, -0.15) is 0 Å². The Balaban J connectivity index is 2.55. The van der Waals surface area contributed by atoms with Crippen molar-refractivity contribution < 1.29 is 13.9 Å². The van der Waals surface area contributed by atoms with Crippen molar-refractivity contribution >= 4 is 5.97 Å². The number of aromatic nitrogens is 1. The van der Waals surface area contributed by atoms with Crippen LogP contribution in [0.25, 0.3) is 0 Å². The molecule has 0 aliphatic rings. The maximum atomic E-state index is 11.0. The van der Waals surface area contributed by atoms with E-state index in [1.165, 1.54) is 13.4 Å². The van der Waals surface area contributed by atoms with Crippen LogP contribution in [0, 0.1) is 0 Å². The molecule has 0 bridgehead atoms. The van der Waals surface area contributed by atoms with Crippen molar-refractivity contribution in [3.05, 3.63) is 17.8 Å². The summed E-state index contributed by atoms with van der Waals surface area (Å²) in [5.74, 6) is 0.00338. The van der Waals surface area contributed by atoms with Gasteiger partial charge in [-0.25, -0.2) is 9.78 Å². The van der Waals surface area contributed by atoms with Crippen LogP contribution in [0.2, 0.25) is 0 Å². The number of ether oxygens (including phenoxy) is 1. The Morgan fingerprint density at radius 3 is 3.00 bits per heavy atom. The molecular weight excluding hydrogens is 184 g/mol. The minimum absolute atomic E-state index is 0.202. The summed E-state index contributed by atoms with van der Waals surface area (Å²) in [5.41, 5.74) is 0.202. The fourth-order valence-electron chi connectivity index (χ4n) is 0.882. The van der Waals surface area contributed by atoms with Crippen molar-refractivity contribution in [3.8, 4) is 0 Å². The van der Waals surface area contributed by atoms with E-state index in [9.17, 15) is 4.79 Å². The van der Waals surface area contributed by atoms with Crippen molar-refractivity contribution in [3.63, 3.8) is 0 Å². The van der Waals surface area contributed by atoms with Gasteiger partial charge >= 0.3 is 5.97 Å². The van der Waals surface area contributed by atoms with Crippen LogP contribution in [0.4, 0.5) is 0 Å². The largest absolute Gasteiger partial charge is 0.464 e. The molecule has 0 aliphatic carbocycles. The van der Waals surface area contributed by atoms with Crippen LogP contribution < -0.4 is 5.32 Å². The molecule has 0 amide bonds. The number of nitrogens with one attached hydrogen (secondary N) is 1. The van der Waals surface area contributed by atoms with Crippen LogP contribution >= 0.6 is 0 Å². The zero-order valence-electron chi connectivity index (χ0n) is 8.53. The molecule has 0 aliphatic heterocycles. The third-order valence-electron chi connectivity index (χ3n) is 1.61. The van der Waals surface area contributed by atoms with Crippen molar-refractivity contribution in [2.75, 3.05) is 7.11 Å². The average Bonchev–Trinajstić information content (AvgIpc) is 2.62. The van der Waals surface area contributed by atoms with Crippen LogP contribution in [0.15, 0.2) is 10.7 Å². The molecule has 1 N–H and O–H groups in total. The van der Waals surface area contributed by atoms with E-state index in [1.807, 2.05) is 13.8 Å². The molecule has 1 heterocycles. The number of carbonyl (C=O) groups excluding carboxylic acids is 1. The van der Waals surface area contributed by atoms with Crippen LogP contribution in [-0.4, -0.2) is 24.1 Å². The van der Waals surface area contributed by atoms with E-state index in [4.69, 9.17) is 4.42 Å². The zero-order chi connectivity index (χ0) is 10.6. The third-order valence-corrected chi connectivity index (χ3v) is 1.61. The molecule has 0 aromatic carbocycles. The highest BCUT2D eigenvalue weighted by Crippen LogP contribution is 2.03. The predicted molar refractivity (Wildman–Crippen MR) is 49.8 cm³/mol. The zero-order valence-corrected chi connectivity index (χ0v) is 8.53. The Morgan fingerprint density at radius 1 is 1.71 bits per heavy atom. The van der Waals surface area contributed by atoms with Gasteiger partial charge in [0.15, 0.2) is 5.69 Å². The minimum atomic E-state index is -0.482. The molecular formula is C9H14N2O3. The number of rotatable bonds is 4. The molecule has 5 heteroatoms. The standard InChI is InChI=1S/C9H14N2O3/c1-6(2)10-4-8-11-7(5-14-8)9(12)13-3/h5-6,10H,4H2,1-3H3. The van der Waals surface area contributed by atoms with E-state index < -0.39 is 5.97 Å². The molecule has 1 aromatic heterocycles. The number of oxazole rings is 1. The van der Waals surface area contributed by atoms with Gasteiger partial charge in [-0.1, -0.05) is 13.8 Å². The lowest BCUT2D eigenvalue weighted by atomic mass is 10.4. The summed E-state index contributed by atoms with van der Waals surface area (Å²) < 4.78 is 9.56. The van der Waals surface area contributed by atoms with Crippen molar-refractivity contribution in [2.45, 2.75) is 26.4 Å². The topological polar surface area (TPSA) is 64.4 Å². The number of hydrogen-bond acceptors (Lipinski definition) is 5. The van der Waals surface area contributed by atoms with Gasteiger partial charge in [0.1, 0.15) is 6.26 Å². The number of methoxy groups -OCH3 is 1. The molecule has 0 saturated carbocycles. The predicted octanol–water partition coefficient (Wildman–Crippen LogP) is 0.959. The first-order chi connectivity index (χ1) is 6.63. The molecule has 78 valence electrons. The summed E-state index contributed by atoms with van der Waals surface area (Å²) in [6.07, 6.45) is 1.29. The Labute approximate surface area is 82.5 Å². The van der Waals surface area contributed by atoms with Crippen LogP contribution in [0.5, 0.6) is 0 Å². The first kappa shape index (κ1) is 10.7. The van der Waals surface area contributed by atoms with Gasteiger partial charge in [-0.05, 0) is 0 Å². The summed E-state index contributed by atoms with van der Waals surface area (Å²) in [6, 6.07) is 0.350. The fourth-order valence-corrected chi connectivity index (χ4v) is 0.882. The van der Waals surface area contributed by atoms with Crippen molar-refractivity contribution in [2.24, 2.45) is 0 Å². The number of nitrogens with zero attached hydrogens (tertiary/aromatic N) is 1. The minimum Gasteiger partial charge on any atom is -0.464 e. The number of esters is 1. The van der Waals surface area contributed by atoms with Crippen molar-refractivity contribution in [1.29, 1.82) is 0 Å². The molecule has 14 heavy (non-hydrogen) atoms. The highest BCUT2D eigenvalue weighted by Gasteiger charge is 2.11. The molecule has 1 aromatic rings. The normalized spacial score (nSPS) is 10.6. The SMILES string of the molecule is COC(=O)c1coc(CNC(C)C)n1. The lowest BCUT2D eigenvalue weighted by molar-refractivity contribution is 0.0594. The summed E-state index contributed by atoms with van der Waals surface area (Å²) in [6.45, 7) is 4.54. The fraction of sp³-hybridized carbons (Fsp3) is 0.556. The van der Waals surface area contributed by atoms with E-state index in [2.05, 4.69) is 15.0 Å². The van der Waals surface area contributed by atoms with Gasteiger partial charge in [-0.15, -0.1) is 0 Å². The molecule has 0 atom stereocenters. The Bertz CT molecular complexity index is 307. The summed E-state index contributed by atoms with van der Waals surface area (Å²) in [7, 11) is 1.31. The summed E-state index contributed by atoms with van der Waals surface area (Å²) >= 11 is 0. The highest BCUT2D eigenvalue weighted by atomic mass is 16.5. The average molecular weight is 198 g/mol.